The molecule has 0 amide bonds. The van der Waals surface area contributed by atoms with E-state index in [1.54, 1.807) is 6.20 Å². The van der Waals surface area contributed by atoms with E-state index in [2.05, 4.69) is 38.1 Å². The van der Waals surface area contributed by atoms with Gasteiger partial charge in [-0.1, -0.05) is 23.7 Å². The van der Waals surface area contributed by atoms with Crippen LogP contribution >= 0.6 is 11.6 Å². The molecule has 0 aliphatic carbocycles. The molecule has 0 fully saturated rings. The van der Waals surface area contributed by atoms with Crippen molar-refractivity contribution < 1.29 is 0 Å². The van der Waals surface area contributed by atoms with Crippen LogP contribution in [-0.2, 0) is 6.42 Å². The van der Waals surface area contributed by atoms with Gasteiger partial charge in [0.15, 0.2) is 0 Å². The van der Waals surface area contributed by atoms with Crippen LogP contribution in [0.4, 0.5) is 11.4 Å². The molecule has 140 valence electrons. The van der Waals surface area contributed by atoms with Gasteiger partial charge in [0.2, 0.25) is 0 Å². The third kappa shape index (κ3) is 2.98. The Morgan fingerprint density at radius 2 is 1.83 bits per heavy atom. The molecule has 0 N–H and O–H groups in total. The summed E-state index contributed by atoms with van der Waals surface area (Å²) in [5.74, 6) is 0.731. The predicted octanol–water partition coefficient (Wildman–Crippen LogP) is 5.22. The lowest BCUT2D eigenvalue weighted by molar-refractivity contribution is 0.999. The number of fused-ring (bicyclic) bond motifs is 2. The van der Waals surface area contributed by atoms with Crippen molar-refractivity contribution in [3.8, 4) is 17.2 Å². The van der Waals surface area contributed by atoms with E-state index in [0.29, 0.717) is 10.6 Å². The minimum Gasteiger partial charge on any atom is -0.339 e. The van der Waals surface area contributed by atoms with Crippen LogP contribution in [0.25, 0.3) is 22.0 Å². The van der Waals surface area contributed by atoms with Gasteiger partial charge < -0.3 is 4.90 Å². The molecule has 0 bridgehead atoms. The van der Waals surface area contributed by atoms with E-state index in [0.717, 1.165) is 52.2 Å². The third-order valence-corrected chi connectivity index (χ3v) is 5.52. The Kier molecular flexibility index (Phi) is 4.15. The molecule has 4 aromatic rings. The summed E-state index contributed by atoms with van der Waals surface area (Å²) in [6.45, 7) is 2.66. The third-order valence-electron chi connectivity index (χ3n) is 5.29. The first-order valence-corrected chi connectivity index (χ1v) is 9.70. The predicted molar refractivity (Wildman–Crippen MR) is 114 cm³/mol. The molecule has 5 nitrogen and oxygen atoms in total. The topological polar surface area (TPSA) is 65.7 Å². The molecule has 6 heteroatoms. The number of aryl methyl sites for hydroxylation is 1. The zero-order valence-corrected chi connectivity index (χ0v) is 16.5. The summed E-state index contributed by atoms with van der Waals surface area (Å²) in [4.78, 5) is 15.3. The Balaban J connectivity index is 1.74. The van der Waals surface area contributed by atoms with Crippen LogP contribution in [0.1, 0.15) is 17.0 Å². The highest BCUT2D eigenvalue weighted by atomic mass is 35.5. The Labute approximate surface area is 173 Å². The lowest BCUT2D eigenvalue weighted by atomic mass is 10.0. The monoisotopic (exact) mass is 397 g/mol. The van der Waals surface area contributed by atoms with Crippen molar-refractivity contribution in [3.63, 3.8) is 0 Å². The van der Waals surface area contributed by atoms with Crippen LogP contribution in [0.2, 0.25) is 5.02 Å². The van der Waals surface area contributed by atoms with E-state index in [-0.39, 0.29) is 0 Å². The van der Waals surface area contributed by atoms with E-state index in [1.807, 2.05) is 43.6 Å². The van der Waals surface area contributed by atoms with E-state index in [9.17, 15) is 5.26 Å². The summed E-state index contributed by atoms with van der Waals surface area (Å²) in [6, 6.07) is 14.3. The van der Waals surface area contributed by atoms with E-state index >= 15 is 0 Å². The second kappa shape index (κ2) is 6.84. The Morgan fingerprint density at radius 1 is 1.00 bits per heavy atom. The number of hydrogen-bond donors (Lipinski definition) is 0. The first-order valence-electron chi connectivity index (χ1n) is 9.32. The molecule has 0 radical (unpaired) electrons. The summed E-state index contributed by atoms with van der Waals surface area (Å²) in [7, 11) is 0. The van der Waals surface area contributed by atoms with Gasteiger partial charge in [0, 0.05) is 46.8 Å². The minimum absolute atomic E-state index is 0.544. The van der Waals surface area contributed by atoms with Crippen LogP contribution in [0.5, 0.6) is 0 Å². The van der Waals surface area contributed by atoms with Gasteiger partial charge in [0.05, 0.1) is 16.8 Å². The molecule has 1 aliphatic rings. The lowest BCUT2D eigenvalue weighted by Crippen LogP contribution is -2.15. The van der Waals surface area contributed by atoms with Crippen molar-refractivity contribution in [2.24, 2.45) is 0 Å². The zero-order chi connectivity index (χ0) is 20.0. The minimum atomic E-state index is 0.544. The maximum atomic E-state index is 9.79. The van der Waals surface area contributed by atoms with E-state index in [1.165, 1.54) is 5.56 Å². The fourth-order valence-electron chi connectivity index (χ4n) is 3.86. The molecule has 0 saturated heterocycles. The van der Waals surface area contributed by atoms with Gasteiger partial charge in [-0.3, -0.25) is 4.98 Å². The van der Waals surface area contributed by atoms with Crippen LogP contribution in [0, 0.1) is 18.3 Å². The summed E-state index contributed by atoms with van der Waals surface area (Å²) >= 11 is 6.27. The second-order valence-electron chi connectivity index (χ2n) is 7.06. The van der Waals surface area contributed by atoms with Gasteiger partial charge in [0.25, 0.3) is 0 Å². The zero-order valence-electron chi connectivity index (χ0n) is 15.7. The molecule has 3 heterocycles. The molecule has 29 heavy (non-hydrogen) atoms. The van der Waals surface area contributed by atoms with Gasteiger partial charge in [-0.25, -0.2) is 9.97 Å². The smallest absolute Gasteiger partial charge is 0.125 e. The van der Waals surface area contributed by atoms with E-state index in [4.69, 9.17) is 11.6 Å². The van der Waals surface area contributed by atoms with Crippen LogP contribution < -0.4 is 4.90 Å². The standard InChI is InChI=1S/C23H16ClN5/c1-14-26-12-18(13-27-14)16-3-5-21-20(8-16)23(17(10-25)11-28-21)29-7-6-15-2-4-19(24)9-22(15)29/h2-5,8-9,11-13H,6-7H2,1H3. The maximum absolute atomic E-state index is 9.79. The average Bonchev–Trinajstić information content (AvgIpc) is 3.15. The number of nitrogens with zero attached hydrogens (tertiary/aromatic N) is 5. The second-order valence-corrected chi connectivity index (χ2v) is 7.49. The number of benzene rings is 2. The number of halogens is 1. The Hall–Kier alpha value is -3.49. The molecular weight excluding hydrogens is 382 g/mol. The van der Waals surface area contributed by atoms with Gasteiger partial charge >= 0.3 is 0 Å². The summed E-state index contributed by atoms with van der Waals surface area (Å²) in [6.07, 6.45) is 6.19. The fraction of sp³-hybridized carbons (Fsp3) is 0.130. The van der Waals surface area contributed by atoms with Crippen molar-refractivity contribution >= 4 is 33.9 Å². The van der Waals surface area contributed by atoms with Crippen molar-refractivity contribution in [2.75, 3.05) is 11.4 Å². The highest BCUT2D eigenvalue weighted by Crippen LogP contribution is 2.41. The SMILES string of the molecule is Cc1ncc(-c2ccc3ncc(C#N)c(N4CCc5ccc(Cl)cc54)c3c2)cn1. The Bertz CT molecular complexity index is 1290. The fourth-order valence-corrected chi connectivity index (χ4v) is 4.02. The molecule has 0 unspecified atom stereocenters. The summed E-state index contributed by atoms with van der Waals surface area (Å²) in [5.41, 5.74) is 6.44. The number of hydrogen-bond acceptors (Lipinski definition) is 5. The number of nitriles is 1. The van der Waals surface area contributed by atoms with Crippen LogP contribution in [0.15, 0.2) is 55.0 Å². The van der Waals surface area contributed by atoms with Crippen LogP contribution in [-0.4, -0.2) is 21.5 Å². The maximum Gasteiger partial charge on any atom is 0.125 e. The summed E-state index contributed by atoms with van der Waals surface area (Å²) in [5, 5.41) is 11.4. The molecule has 0 spiro atoms. The molecular formula is C23H16ClN5. The highest BCUT2D eigenvalue weighted by Gasteiger charge is 2.25. The Morgan fingerprint density at radius 3 is 2.62 bits per heavy atom. The molecule has 0 saturated carbocycles. The largest absolute Gasteiger partial charge is 0.339 e. The van der Waals surface area contributed by atoms with Crippen LogP contribution in [0.3, 0.4) is 0 Å². The molecule has 5 rings (SSSR count). The van der Waals surface area contributed by atoms with Crippen molar-refractivity contribution in [2.45, 2.75) is 13.3 Å². The van der Waals surface area contributed by atoms with Crippen molar-refractivity contribution in [1.29, 1.82) is 5.26 Å². The van der Waals surface area contributed by atoms with Gasteiger partial charge in [-0.2, -0.15) is 5.26 Å². The van der Waals surface area contributed by atoms with Gasteiger partial charge in [-0.05, 0) is 48.7 Å². The van der Waals surface area contributed by atoms with E-state index < -0.39 is 0 Å². The first-order chi connectivity index (χ1) is 14.1. The first kappa shape index (κ1) is 17.6. The number of aromatic nitrogens is 3. The number of pyridine rings is 1. The summed E-state index contributed by atoms with van der Waals surface area (Å²) < 4.78 is 0. The van der Waals surface area contributed by atoms with Crippen molar-refractivity contribution in [3.05, 3.63) is 77.0 Å². The van der Waals surface area contributed by atoms with Crippen molar-refractivity contribution in [1.82, 2.24) is 15.0 Å². The average molecular weight is 398 g/mol. The molecule has 2 aromatic heterocycles. The molecule has 2 aromatic carbocycles. The quantitative estimate of drug-likeness (QED) is 0.464. The van der Waals surface area contributed by atoms with Gasteiger partial charge in [-0.15, -0.1) is 0 Å². The normalized spacial score (nSPS) is 12.8. The lowest BCUT2D eigenvalue weighted by Gasteiger charge is -2.23. The van der Waals surface area contributed by atoms with Gasteiger partial charge in [0.1, 0.15) is 11.9 Å². The molecule has 0 atom stereocenters. The number of anilines is 2. The number of rotatable bonds is 2. The highest BCUT2D eigenvalue weighted by molar-refractivity contribution is 6.31. The molecule has 1 aliphatic heterocycles.